The van der Waals surface area contributed by atoms with Gasteiger partial charge >= 0.3 is 0 Å². The van der Waals surface area contributed by atoms with Crippen LogP contribution < -0.4 is 14.6 Å². The van der Waals surface area contributed by atoms with Crippen molar-refractivity contribution in [1.82, 2.24) is 0 Å². The highest BCUT2D eigenvalue weighted by molar-refractivity contribution is 5.74. The Bertz CT molecular complexity index is 373. The average molecular weight is 223 g/mol. The summed E-state index contributed by atoms with van der Waals surface area (Å²) in [6.45, 7) is 1.80. The second-order valence-electron chi connectivity index (χ2n) is 3.39. The molecule has 0 heterocycles. The van der Waals surface area contributed by atoms with Crippen molar-refractivity contribution in [2.45, 2.75) is 19.3 Å². The fourth-order valence-corrected chi connectivity index (χ4v) is 1.61. The molecule has 16 heavy (non-hydrogen) atoms. The lowest BCUT2D eigenvalue weighted by Gasteiger charge is -2.18. The van der Waals surface area contributed by atoms with Gasteiger partial charge in [-0.25, -0.2) is 0 Å². The molecule has 0 radical (unpaired) electrons. The Labute approximate surface area is 94.8 Å². The minimum Gasteiger partial charge on any atom is -0.549 e. The second kappa shape index (κ2) is 5.39. The number of aliphatic carboxylic acids is 1. The van der Waals surface area contributed by atoms with E-state index in [1.54, 1.807) is 25.1 Å². The van der Waals surface area contributed by atoms with Crippen LogP contribution in [0.2, 0.25) is 0 Å². The largest absolute Gasteiger partial charge is 0.549 e. The standard InChI is InChI=1S/C12H16O4/c1-4-9(12(13)14)8-5-6-10(15-2)11(7-8)16-3/h5-7,9H,4H2,1-3H3,(H,13,14)/p-1/t9-/m1/s1. The van der Waals surface area contributed by atoms with Gasteiger partial charge < -0.3 is 19.4 Å². The molecular weight excluding hydrogens is 208 g/mol. The van der Waals surface area contributed by atoms with E-state index in [9.17, 15) is 9.90 Å². The maximum Gasteiger partial charge on any atom is 0.161 e. The molecule has 88 valence electrons. The lowest BCUT2D eigenvalue weighted by molar-refractivity contribution is -0.308. The van der Waals surface area contributed by atoms with Crippen LogP contribution in [-0.2, 0) is 4.79 Å². The highest BCUT2D eigenvalue weighted by atomic mass is 16.5. The molecule has 0 aromatic heterocycles. The molecule has 1 aromatic carbocycles. The van der Waals surface area contributed by atoms with Gasteiger partial charge in [-0.15, -0.1) is 0 Å². The quantitative estimate of drug-likeness (QED) is 0.745. The first-order chi connectivity index (χ1) is 7.63. The van der Waals surface area contributed by atoms with Crippen molar-refractivity contribution >= 4 is 5.97 Å². The maximum atomic E-state index is 10.9. The summed E-state index contributed by atoms with van der Waals surface area (Å²) in [5.74, 6) is -0.575. The van der Waals surface area contributed by atoms with Gasteiger partial charge in [0.25, 0.3) is 0 Å². The molecule has 0 amide bonds. The summed E-state index contributed by atoms with van der Waals surface area (Å²) in [4.78, 5) is 10.9. The fraction of sp³-hybridized carbons (Fsp3) is 0.417. The van der Waals surface area contributed by atoms with Crippen LogP contribution in [0.4, 0.5) is 0 Å². The molecule has 1 rings (SSSR count). The summed E-state index contributed by atoms with van der Waals surface area (Å²) in [7, 11) is 3.05. The van der Waals surface area contributed by atoms with Gasteiger partial charge in [-0.1, -0.05) is 13.0 Å². The summed E-state index contributed by atoms with van der Waals surface area (Å²) in [6.07, 6.45) is 0.484. The summed E-state index contributed by atoms with van der Waals surface area (Å²) >= 11 is 0. The Balaban J connectivity index is 3.11. The zero-order valence-corrected chi connectivity index (χ0v) is 9.65. The Morgan fingerprint density at radius 2 is 1.94 bits per heavy atom. The van der Waals surface area contributed by atoms with Crippen molar-refractivity contribution in [2.75, 3.05) is 14.2 Å². The SMILES string of the molecule is CC[C@@H](C(=O)[O-])c1ccc(OC)c(OC)c1. The van der Waals surface area contributed by atoms with E-state index in [-0.39, 0.29) is 0 Å². The normalized spacial score (nSPS) is 11.9. The van der Waals surface area contributed by atoms with E-state index in [1.165, 1.54) is 14.2 Å². The molecular formula is C12H15O4-. The number of hydrogen-bond donors (Lipinski definition) is 0. The molecule has 0 fully saturated rings. The van der Waals surface area contributed by atoms with Crippen LogP contribution in [0.15, 0.2) is 18.2 Å². The topological polar surface area (TPSA) is 58.6 Å². The lowest BCUT2D eigenvalue weighted by atomic mass is 9.96. The summed E-state index contributed by atoms with van der Waals surface area (Å²) in [5.41, 5.74) is 0.667. The number of hydrogen-bond acceptors (Lipinski definition) is 4. The Morgan fingerprint density at radius 1 is 1.31 bits per heavy atom. The van der Waals surface area contributed by atoms with Gasteiger partial charge in [0.2, 0.25) is 0 Å². The van der Waals surface area contributed by atoms with Crippen molar-refractivity contribution in [1.29, 1.82) is 0 Å². The number of carboxylic acid groups (broad SMARTS) is 1. The fourth-order valence-electron chi connectivity index (χ4n) is 1.61. The molecule has 0 bridgehead atoms. The molecule has 1 atom stereocenters. The smallest absolute Gasteiger partial charge is 0.161 e. The molecule has 4 heteroatoms. The van der Waals surface area contributed by atoms with Crippen LogP contribution in [0, 0.1) is 0 Å². The van der Waals surface area contributed by atoms with Crippen LogP contribution in [0.5, 0.6) is 11.5 Å². The van der Waals surface area contributed by atoms with Crippen molar-refractivity contribution in [3.63, 3.8) is 0 Å². The molecule has 0 saturated carbocycles. The van der Waals surface area contributed by atoms with Crippen LogP contribution in [0.25, 0.3) is 0 Å². The molecule has 0 unspecified atom stereocenters. The van der Waals surface area contributed by atoms with Gasteiger partial charge in [0, 0.05) is 11.9 Å². The second-order valence-corrected chi connectivity index (χ2v) is 3.39. The summed E-state index contributed by atoms with van der Waals surface area (Å²) in [6, 6.07) is 5.08. The molecule has 0 aliphatic rings. The predicted octanol–water partition coefficient (Wildman–Crippen LogP) is 0.947. The number of methoxy groups -OCH3 is 2. The van der Waals surface area contributed by atoms with Gasteiger partial charge in [0.15, 0.2) is 11.5 Å². The van der Waals surface area contributed by atoms with Gasteiger partial charge in [0.05, 0.1) is 14.2 Å². The van der Waals surface area contributed by atoms with Gasteiger partial charge in [0.1, 0.15) is 0 Å². The van der Waals surface area contributed by atoms with E-state index in [2.05, 4.69) is 0 Å². The van der Waals surface area contributed by atoms with E-state index in [4.69, 9.17) is 9.47 Å². The van der Waals surface area contributed by atoms with Crippen LogP contribution in [0.1, 0.15) is 24.8 Å². The first-order valence-electron chi connectivity index (χ1n) is 5.06. The highest BCUT2D eigenvalue weighted by Gasteiger charge is 2.13. The van der Waals surface area contributed by atoms with Crippen LogP contribution in [0.3, 0.4) is 0 Å². The summed E-state index contributed by atoms with van der Waals surface area (Å²) < 4.78 is 10.2. The third-order valence-corrected chi connectivity index (χ3v) is 2.50. The van der Waals surface area contributed by atoms with Crippen molar-refractivity contribution in [3.8, 4) is 11.5 Å². The minimum atomic E-state index is -1.07. The number of carboxylic acids is 1. The summed E-state index contributed by atoms with van der Waals surface area (Å²) in [5, 5.41) is 10.9. The minimum absolute atomic E-state index is 0.484. The number of benzene rings is 1. The average Bonchev–Trinajstić information content (AvgIpc) is 2.29. The highest BCUT2D eigenvalue weighted by Crippen LogP contribution is 2.31. The van der Waals surface area contributed by atoms with Crippen molar-refractivity contribution in [2.24, 2.45) is 0 Å². The molecule has 0 saturated heterocycles. The number of carbonyl (C=O) groups excluding carboxylic acids is 1. The monoisotopic (exact) mass is 223 g/mol. The molecule has 0 aliphatic carbocycles. The van der Waals surface area contributed by atoms with Gasteiger partial charge in [-0.2, -0.15) is 0 Å². The Hall–Kier alpha value is -1.71. The van der Waals surface area contributed by atoms with Gasteiger partial charge in [-0.05, 0) is 24.1 Å². The van der Waals surface area contributed by atoms with E-state index < -0.39 is 11.9 Å². The molecule has 0 N–H and O–H groups in total. The predicted molar refractivity (Wildman–Crippen MR) is 57.6 cm³/mol. The first-order valence-corrected chi connectivity index (χ1v) is 5.06. The van der Waals surface area contributed by atoms with E-state index in [0.717, 1.165) is 0 Å². The number of ether oxygens (including phenoxy) is 2. The zero-order chi connectivity index (χ0) is 12.1. The number of rotatable bonds is 5. The third-order valence-electron chi connectivity index (χ3n) is 2.50. The Morgan fingerprint density at radius 3 is 2.38 bits per heavy atom. The zero-order valence-electron chi connectivity index (χ0n) is 9.65. The van der Waals surface area contributed by atoms with Crippen LogP contribution in [-0.4, -0.2) is 20.2 Å². The van der Waals surface area contributed by atoms with E-state index >= 15 is 0 Å². The molecule has 0 spiro atoms. The maximum absolute atomic E-state index is 10.9. The van der Waals surface area contributed by atoms with Crippen LogP contribution >= 0.6 is 0 Å². The molecule has 4 nitrogen and oxygen atoms in total. The lowest BCUT2D eigenvalue weighted by Crippen LogP contribution is -2.29. The van der Waals surface area contributed by atoms with E-state index in [0.29, 0.717) is 23.5 Å². The van der Waals surface area contributed by atoms with Crippen molar-refractivity contribution < 1.29 is 19.4 Å². The van der Waals surface area contributed by atoms with Crippen molar-refractivity contribution in [3.05, 3.63) is 23.8 Å². The number of carbonyl (C=O) groups is 1. The molecule has 1 aromatic rings. The third kappa shape index (κ3) is 2.45. The Kier molecular flexibility index (Phi) is 4.17. The van der Waals surface area contributed by atoms with E-state index in [1.807, 2.05) is 0 Å². The first kappa shape index (κ1) is 12.4. The molecule has 0 aliphatic heterocycles. The van der Waals surface area contributed by atoms with Gasteiger partial charge in [-0.3, -0.25) is 0 Å².